The molecule has 212 valence electrons. The van der Waals surface area contributed by atoms with E-state index in [1.807, 2.05) is 35.7 Å². The summed E-state index contributed by atoms with van der Waals surface area (Å²) >= 11 is 0. The molecule has 0 aliphatic carbocycles. The zero-order chi connectivity index (χ0) is 27.7. The number of piperidine rings is 1. The molecule has 4 aromatic rings. The number of ether oxygens (including phenoxy) is 1. The molecular weight excluding hydrogens is 545 g/mol. The normalized spacial score (nSPS) is 17.1. The van der Waals surface area contributed by atoms with Crippen molar-refractivity contribution in [3.63, 3.8) is 0 Å². The van der Waals surface area contributed by atoms with Crippen LogP contribution in [-0.2, 0) is 0 Å². The van der Waals surface area contributed by atoms with Crippen LogP contribution < -0.4 is 20.7 Å². The van der Waals surface area contributed by atoms with E-state index in [4.69, 9.17) is 10.5 Å². The van der Waals surface area contributed by atoms with E-state index in [0.717, 1.165) is 28.9 Å². The summed E-state index contributed by atoms with van der Waals surface area (Å²) in [7, 11) is 1.31. The highest BCUT2D eigenvalue weighted by molar-refractivity contribution is 5.85. The number of hydrogen-bond acceptors (Lipinski definition) is 8. The van der Waals surface area contributed by atoms with Gasteiger partial charge in [0.05, 0.1) is 24.9 Å². The lowest BCUT2D eigenvalue weighted by Crippen LogP contribution is -2.49. The predicted molar refractivity (Wildman–Crippen MR) is 150 cm³/mol. The van der Waals surface area contributed by atoms with Crippen LogP contribution in [0.15, 0.2) is 49.1 Å². The summed E-state index contributed by atoms with van der Waals surface area (Å²) in [6.45, 7) is 4.91. The summed E-state index contributed by atoms with van der Waals surface area (Å²) in [5.41, 5.74) is 8.54. The van der Waals surface area contributed by atoms with Crippen LogP contribution in [0.1, 0.15) is 26.3 Å². The molecule has 0 spiro atoms. The van der Waals surface area contributed by atoms with Crippen molar-refractivity contribution in [3.8, 4) is 28.3 Å². The van der Waals surface area contributed by atoms with Gasteiger partial charge in [0.1, 0.15) is 35.2 Å². The Balaban J connectivity index is 0.00000370. The predicted octanol–water partition coefficient (Wildman–Crippen LogP) is 5.31. The first-order valence-electron chi connectivity index (χ1n) is 12.6. The Hall–Kier alpha value is -3.90. The number of nitrogens with one attached hydrogen (secondary N) is 1. The average molecular weight is 575 g/mol. The number of alkyl halides is 1. The molecule has 1 aliphatic heterocycles. The Morgan fingerprint density at radius 1 is 1.12 bits per heavy atom. The maximum absolute atomic E-state index is 14.6. The van der Waals surface area contributed by atoms with Crippen LogP contribution >= 0.6 is 12.4 Å². The molecule has 1 fully saturated rings. The van der Waals surface area contributed by atoms with Gasteiger partial charge in [0, 0.05) is 72.7 Å². The lowest BCUT2D eigenvalue weighted by Gasteiger charge is -2.35. The SMILES string of the molecule is COc1cc(F)cc(F)c1-c1nccc(Nc2cc(N3CC[C@@H](F)[C@H](N)C3)c(-c3cnn(C(C)C)c3)cn2)n1.Cl. The van der Waals surface area contributed by atoms with Crippen LogP contribution in [0.25, 0.3) is 22.5 Å². The molecule has 1 aliphatic rings. The van der Waals surface area contributed by atoms with E-state index >= 15 is 0 Å². The molecule has 0 unspecified atom stereocenters. The summed E-state index contributed by atoms with van der Waals surface area (Å²) < 4.78 is 49.5. The Bertz CT molecular complexity index is 1480. The van der Waals surface area contributed by atoms with Crippen LogP contribution in [0.2, 0.25) is 0 Å². The zero-order valence-electron chi connectivity index (χ0n) is 22.2. The minimum atomic E-state index is -1.06. The molecule has 4 heterocycles. The number of halogens is 4. The quantitative estimate of drug-likeness (QED) is 0.306. The van der Waals surface area contributed by atoms with Crippen molar-refractivity contribution in [3.05, 3.63) is 60.7 Å². The number of anilines is 3. The second-order valence-corrected chi connectivity index (χ2v) is 9.66. The Morgan fingerprint density at radius 3 is 2.62 bits per heavy atom. The standard InChI is InChI=1S/C27H29F3N8O.ClH/c1-15(2)38-13-16(11-34-38)18-12-33-25(10-22(18)37-7-5-19(29)21(31)14-37)35-24-4-6-32-27(36-24)26-20(30)8-17(28)9-23(26)39-3;/h4,6,8-13,15,19,21H,5,7,14,31H2,1-3H3,(H,32,33,35,36);1H/t19-,21-;/m1./s1. The third kappa shape index (κ3) is 5.97. The molecule has 3 N–H and O–H groups in total. The maximum Gasteiger partial charge on any atom is 0.168 e. The van der Waals surface area contributed by atoms with Crippen molar-refractivity contribution in [2.75, 3.05) is 30.4 Å². The van der Waals surface area contributed by atoms with E-state index in [0.29, 0.717) is 31.1 Å². The van der Waals surface area contributed by atoms with Gasteiger partial charge in [0.25, 0.3) is 0 Å². The maximum atomic E-state index is 14.6. The molecule has 0 bridgehead atoms. The van der Waals surface area contributed by atoms with Crippen LogP contribution in [0.5, 0.6) is 5.75 Å². The first-order chi connectivity index (χ1) is 18.7. The highest BCUT2D eigenvalue weighted by Gasteiger charge is 2.28. The largest absolute Gasteiger partial charge is 0.496 e. The topological polar surface area (TPSA) is 107 Å². The van der Waals surface area contributed by atoms with Gasteiger partial charge < -0.3 is 20.7 Å². The Kier molecular flexibility index (Phi) is 8.79. The third-order valence-electron chi connectivity index (χ3n) is 6.61. The average Bonchev–Trinajstić information content (AvgIpc) is 3.40. The van der Waals surface area contributed by atoms with Crippen LogP contribution in [0, 0.1) is 11.6 Å². The Labute approximate surface area is 236 Å². The van der Waals surface area contributed by atoms with Gasteiger partial charge in [-0.25, -0.2) is 28.1 Å². The van der Waals surface area contributed by atoms with Gasteiger partial charge in [0.2, 0.25) is 0 Å². The van der Waals surface area contributed by atoms with Crippen LogP contribution in [0.3, 0.4) is 0 Å². The zero-order valence-corrected chi connectivity index (χ0v) is 23.0. The first kappa shape index (κ1) is 29.1. The number of rotatable bonds is 7. The van der Waals surface area contributed by atoms with Crippen LogP contribution in [0.4, 0.5) is 30.5 Å². The molecule has 2 atom stereocenters. The molecule has 13 heteroatoms. The number of aromatic nitrogens is 5. The second kappa shape index (κ2) is 12.1. The van der Waals surface area contributed by atoms with E-state index in [1.54, 1.807) is 18.5 Å². The number of pyridine rings is 1. The summed E-state index contributed by atoms with van der Waals surface area (Å²) in [5, 5.41) is 7.58. The molecule has 5 rings (SSSR count). The van der Waals surface area contributed by atoms with Gasteiger partial charge in [-0.2, -0.15) is 5.10 Å². The highest BCUT2D eigenvalue weighted by atomic mass is 35.5. The minimum Gasteiger partial charge on any atom is -0.496 e. The van der Waals surface area contributed by atoms with Gasteiger partial charge in [-0.1, -0.05) is 0 Å². The lowest BCUT2D eigenvalue weighted by atomic mass is 10.0. The fourth-order valence-electron chi connectivity index (χ4n) is 4.54. The molecule has 9 nitrogen and oxygen atoms in total. The molecule has 3 aromatic heterocycles. The highest BCUT2D eigenvalue weighted by Crippen LogP contribution is 2.36. The first-order valence-corrected chi connectivity index (χ1v) is 12.6. The Morgan fingerprint density at radius 2 is 1.93 bits per heavy atom. The minimum absolute atomic E-state index is 0. The van der Waals surface area contributed by atoms with E-state index in [-0.39, 0.29) is 35.6 Å². The van der Waals surface area contributed by atoms with Gasteiger partial charge in [-0.05, 0) is 26.3 Å². The lowest BCUT2D eigenvalue weighted by molar-refractivity contribution is 0.244. The van der Waals surface area contributed by atoms with Gasteiger partial charge in [-0.15, -0.1) is 12.4 Å². The third-order valence-corrected chi connectivity index (χ3v) is 6.61. The van der Waals surface area contributed by atoms with Gasteiger partial charge >= 0.3 is 0 Å². The second-order valence-electron chi connectivity index (χ2n) is 9.66. The van der Waals surface area contributed by atoms with Crippen molar-refractivity contribution in [1.29, 1.82) is 0 Å². The van der Waals surface area contributed by atoms with E-state index in [2.05, 4.69) is 25.4 Å². The molecule has 1 saturated heterocycles. The molecule has 40 heavy (non-hydrogen) atoms. The van der Waals surface area contributed by atoms with Gasteiger partial charge in [-0.3, -0.25) is 4.68 Å². The molecule has 0 saturated carbocycles. The van der Waals surface area contributed by atoms with Crippen molar-refractivity contribution < 1.29 is 17.9 Å². The van der Waals surface area contributed by atoms with Crippen molar-refractivity contribution in [2.45, 2.75) is 38.5 Å². The van der Waals surface area contributed by atoms with E-state index in [9.17, 15) is 13.2 Å². The number of methoxy groups -OCH3 is 1. The number of nitrogens with two attached hydrogens (primary N) is 1. The van der Waals surface area contributed by atoms with Crippen LogP contribution in [-0.4, -0.2) is 57.1 Å². The fraction of sp³-hybridized carbons (Fsp3) is 0.333. The summed E-state index contributed by atoms with van der Waals surface area (Å²) in [6.07, 6.45) is 6.15. The summed E-state index contributed by atoms with van der Waals surface area (Å²) in [5.74, 6) is -0.828. The smallest absolute Gasteiger partial charge is 0.168 e. The van der Waals surface area contributed by atoms with Gasteiger partial charge in [0.15, 0.2) is 5.82 Å². The van der Waals surface area contributed by atoms with Crippen molar-refractivity contribution >= 4 is 29.7 Å². The fourth-order valence-corrected chi connectivity index (χ4v) is 4.54. The van der Waals surface area contributed by atoms with E-state index in [1.165, 1.54) is 13.3 Å². The van der Waals surface area contributed by atoms with E-state index < -0.39 is 23.8 Å². The molecule has 0 amide bonds. The molecular formula is C27H30ClF3N8O. The molecule has 1 aromatic carbocycles. The summed E-state index contributed by atoms with van der Waals surface area (Å²) in [4.78, 5) is 15.2. The monoisotopic (exact) mass is 574 g/mol. The number of hydrogen-bond donors (Lipinski definition) is 2. The summed E-state index contributed by atoms with van der Waals surface area (Å²) in [6, 6.07) is 4.84. The molecule has 0 radical (unpaired) electrons. The number of nitrogens with zero attached hydrogens (tertiary/aromatic N) is 6. The number of benzene rings is 1. The van der Waals surface area contributed by atoms with Crippen molar-refractivity contribution in [2.24, 2.45) is 5.73 Å². The van der Waals surface area contributed by atoms with Crippen molar-refractivity contribution in [1.82, 2.24) is 24.7 Å².